The minimum absolute atomic E-state index is 0.0150. The predicted octanol–water partition coefficient (Wildman–Crippen LogP) is 0.375. The molecule has 0 bridgehead atoms. The van der Waals surface area contributed by atoms with Crippen LogP contribution in [0.1, 0.15) is 52.0 Å². The Morgan fingerprint density at radius 2 is 1.80 bits per heavy atom. The van der Waals surface area contributed by atoms with Crippen molar-refractivity contribution in [2.45, 2.75) is 77.5 Å². The van der Waals surface area contributed by atoms with Gasteiger partial charge in [-0.1, -0.05) is 26.0 Å². The van der Waals surface area contributed by atoms with E-state index < -0.39 is 42.3 Å². The van der Waals surface area contributed by atoms with E-state index in [0.717, 1.165) is 0 Å². The molecule has 8 N–H and O–H groups in total. The summed E-state index contributed by atoms with van der Waals surface area (Å²) in [5.74, 6) is -1.60. The third kappa shape index (κ3) is 12.3. The summed E-state index contributed by atoms with van der Waals surface area (Å²) < 4.78 is 10.7. The first-order valence-corrected chi connectivity index (χ1v) is 14.9. The number of rotatable bonds is 16. The van der Waals surface area contributed by atoms with Crippen molar-refractivity contribution >= 4 is 35.5 Å². The summed E-state index contributed by atoms with van der Waals surface area (Å²) in [5.41, 5.74) is 6.27. The molecule has 2 rings (SSSR count). The van der Waals surface area contributed by atoms with Crippen LogP contribution in [0.3, 0.4) is 0 Å². The van der Waals surface area contributed by atoms with Crippen LogP contribution in [-0.4, -0.2) is 97.6 Å². The maximum atomic E-state index is 13.2. The number of ether oxygens (including phenoxy) is 2. The number of hydrogen-bond donors (Lipinski definition) is 7. The van der Waals surface area contributed by atoms with Gasteiger partial charge in [0.2, 0.25) is 17.7 Å². The molecule has 1 aromatic rings. The number of hydrogen-bond acceptors (Lipinski definition) is 9. The molecule has 0 aliphatic carbocycles. The fourth-order valence-corrected chi connectivity index (χ4v) is 4.62. The molecule has 1 aliphatic rings. The average Bonchev–Trinajstić information content (AvgIpc) is 2.98. The van der Waals surface area contributed by atoms with E-state index in [4.69, 9.17) is 15.2 Å². The third-order valence-electron chi connectivity index (χ3n) is 7.03. The van der Waals surface area contributed by atoms with Crippen molar-refractivity contribution in [1.82, 2.24) is 26.2 Å². The maximum Gasteiger partial charge on any atom is 0.410 e. The minimum atomic E-state index is -0.967. The van der Waals surface area contributed by atoms with E-state index in [1.54, 1.807) is 50.1 Å². The molecular formula is C29H47N7O8. The van der Waals surface area contributed by atoms with Crippen molar-refractivity contribution in [2.24, 2.45) is 11.7 Å². The number of aliphatic hydroxyl groups excluding tert-OH is 1. The van der Waals surface area contributed by atoms with E-state index >= 15 is 0 Å². The molecule has 15 heteroatoms. The van der Waals surface area contributed by atoms with Crippen LogP contribution in [0.4, 0.5) is 15.3 Å². The number of nitrogens with zero attached hydrogens (tertiary/aromatic N) is 1. The number of primary amides is 1. The van der Waals surface area contributed by atoms with E-state index in [0.29, 0.717) is 37.1 Å². The Bertz CT molecular complexity index is 1090. The van der Waals surface area contributed by atoms with E-state index in [2.05, 4.69) is 26.6 Å². The number of amides is 6. The van der Waals surface area contributed by atoms with Gasteiger partial charge in [0.05, 0.1) is 19.2 Å². The zero-order valence-corrected chi connectivity index (χ0v) is 25.9. The van der Waals surface area contributed by atoms with E-state index in [-0.39, 0.29) is 50.6 Å². The van der Waals surface area contributed by atoms with Crippen LogP contribution in [-0.2, 0) is 30.5 Å². The topological polar surface area (TPSA) is 213 Å². The molecule has 1 unspecified atom stereocenters. The Morgan fingerprint density at radius 1 is 1.09 bits per heavy atom. The van der Waals surface area contributed by atoms with E-state index in [1.807, 2.05) is 6.92 Å². The number of urea groups is 1. The van der Waals surface area contributed by atoms with Gasteiger partial charge in [0.15, 0.2) is 6.29 Å². The van der Waals surface area contributed by atoms with E-state index in [9.17, 15) is 29.1 Å². The van der Waals surface area contributed by atoms with Crippen molar-refractivity contribution in [1.29, 1.82) is 0 Å². The summed E-state index contributed by atoms with van der Waals surface area (Å²) in [6.07, 6.45) is 0.318. The minimum Gasteiger partial charge on any atom is -0.445 e. The number of nitrogens with two attached hydrogens (primary N) is 1. The van der Waals surface area contributed by atoms with Gasteiger partial charge in [0.25, 0.3) is 0 Å². The normalized spacial score (nSPS) is 17.6. The second-order valence-electron chi connectivity index (χ2n) is 10.9. The highest BCUT2D eigenvalue weighted by atomic mass is 16.6. The van der Waals surface area contributed by atoms with Gasteiger partial charge in [0, 0.05) is 25.2 Å². The summed E-state index contributed by atoms with van der Waals surface area (Å²) in [4.78, 5) is 63.7. The molecule has 0 spiro atoms. The van der Waals surface area contributed by atoms with Crippen molar-refractivity contribution < 1.29 is 38.6 Å². The fraction of sp³-hybridized carbons (Fsp3) is 0.621. The van der Waals surface area contributed by atoms with Crippen LogP contribution in [0.2, 0.25) is 0 Å². The lowest BCUT2D eigenvalue weighted by atomic mass is 10.0. The van der Waals surface area contributed by atoms with Crippen LogP contribution in [0.5, 0.6) is 0 Å². The summed E-state index contributed by atoms with van der Waals surface area (Å²) >= 11 is 0. The first kappa shape index (κ1) is 36.2. The molecule has 15 nitrogen and oxygen atoms in total. The van der Waals surface area contributed by atoms with Crippen LogP contribution in [0, 0.1) is 5.92 Å². The Morgan fingerprint density at radius 3 is 2.36 bits per heavy atom. The van der Waals surface area contributed by atoms with Gasteiger partial charge in [0.1, 0.15) is 18.7 Å². The Kier molecular flexibility index (Phi) is 15.4. The molecular weight excluding hydrogens is 574 g/mol. The Hall–Kier alpha value is -3.95. The molecule has 0 radical (unpaired) electrons. The lowest BCUT2D eigenvalue weighted by Gasteiger charge is -2.34. The third-order valence-corrected chi connectivity index (χ3v) is 7.03. The zero-order chi connectivity index (χ0) is 32.6. The largest absolute Gasteiger partial charge is 0.445 e. The summed E-state index contributed by atoms with van der Waals surface area (Å²) in [6.45, 7) is 6.34. The predicted molar refractivity (Wildman–Crippen MR) is 162 cm³/mol. The average molecular weight is 622 g/mol. The second-order valence-corrected chi connectivity index (χ2v) is 10.9. The lowest BCUT2D eigenvalue weighted by molar-refractivity contribution is -0.143. The van der Waals surface area contributed by atoms with Crippen molar-refractivity contribution in [2.75, 3.05) is 38.6 Å². The van der Waals surface area contributed by atoms with Gasteiger partial charge in [-0.05, 0) is 56.8 Å². The first-order chi connectivity index (χ1) is 20.9. The molecule has 44 heavy (non-hydrogen) atoms. The Labute approximate surface area is 257 Å². The Balaban J connectivity index is 2.01. The fourth-order valence-electron chi connectivity index (χ4n) is 4.62. The molecule has 1 heterocycles. The highest BCUT2D eigenvalue weighted by Gasteiger charge is 2.30. The van der Waals surface area contributed by atoms with Gasteiger partial charge < -0.3 is 51.8 Å². The lowest BCUT2D eigenvalue weighted by Crippen LogP contribution is -2.55. The second kappa shape index (κ2) is 18.7. The smallest absolute Gasteiger partial charge is 0.410 e. The number of benzene rings is 1. The zero-order valence-electron chi connectivity index (χ0n) is 25.9. The van der Waals surface area contributed by atoms with Crippen LogP contribution >= 0.6 is 0 Å². The van der Waals surface area contributed by atoms with Crippen molar-refractivity contribution in [3.05, 3.63) is 29.8 Å². The first-order valence-electron chi connectivity index (χ1n) is 14.9. The van der Waals surface area contributed by atoms with Crippen LogP contribution in [0.25, 0.3) is 0 Å². The highest BCUT2D eigenvalue weighted by molar-refractivity contribution is 5.98. The standard InChI is InChI=1S/C29H47N7O8/c1-5-36(21-12-13-24(38)43-17-21)29(42)44-16-19-8-10-20(11-9-19)33-26(39)22(7-6-14-32-28(30)41)34-27(40)25(18(2)3)35-23(37)15-31-4/h8-11,18,21-22,24-25,31,38H,5-7,12-17H2,1-4H3,(H,33,39)(H,34,40)(H,35,37)(H3,30,32,41)/t21-,22+,24-,25?/m1/s1. The van der Waals surface area contributed by atoms with Crippen LogP contribution < -0.4 is 32.3 Å². The quantitative estimate of drug-likeness (QED) is 0.127. The molecule has 1 fully saturated rings. The van der Waals surface area contributed by atoms with Gasteiger partial charge >= 0.3 is 12.1 Å². The maximum absolute atomic E-state index is 13.2. The molecule has 1 saturated heterocycles. The summed E-state index contributed by atoms with van der Waals surface area (Å²) in [5, 5.41) is 22.9. The monoisotopic (exact) mass is 621 g/mol. The summed E-state index contributed by atoms with van der Waals surface area (Å²) in [7, 11) is 1.62. The van der Waals surface area contributed by atoms with Crippen molar-refractivity contribution in [3.8, 4) is 0 Å². The number of likely N-dealkylation sites (N-methyl/N-ethyl adjacent to an activating group) is 2. The molecule has 0 saturated carbocycles. The number of anilines is 1. The SMILES string of the molecule is CCN(C(=O)OCc1ccc(NC(=O)[C@H](CCCNC(N)=O)NC(=O)C(NC(=O)CNC)C(C)C)cc1)[C@@H]1CC[C@H](O)OC1. The molecule has 0 aromatic heterocycles. The van der Waals surface area contributed by atoms with E-state index in [1.165, 1.54) is 0 Å². The highest BCUT2D eigenvalue weighted by Crippen LogP contribution is 2.19. The van der Waals surface area contributed by atoms with Gasteiger partial charge in [-0.25, -0.2) is 9.59 Å². The number of nitrogens with one attached hydrogen (secondary N) is 5. The molecule has 4 atom stereocenters. The van der Waals surface area contributed by atoms with Gasteiger partial charge in [-0.15, -0.1) is 0 Å². The molecule has 1 aromatic carbocycles. The van der Waals surface area contributed by atoms with Gasteiger partial charge in [-0.2, -0.15) is 0 Å². The van der Waals surface area contributed by atoms with Crippen LogP contribution in [0.15, 0.2) is 24.3 Å². The molecule has 1 aliphatic heterocycles. The molecule has 6 amide bonds. The number of carbonyl (C=O) groups is 5. The summed E-state index contributed by atoms with van der Waals surface area (Å²) in [6, 6.07) is 4.01. The number of carbonyl (C=O) groups excluding carboxylic acids is 5. The number of aliphatic hydroxyl groups is 1. The van der Waals surface area contributed by atoms with Crippen molar-refractivity contribution in [3.63, 3.8) is 0 Å². The molecule has 246 valence electrons. The van der Waals surface area contributed by atoms with Gasteiger partial charge in [-0.3, -0.25) is 14.4 Å².